The fraction of sp³-hybridized carbons (Fsp3) is 0.182. The maximum Gasteiger partial charge on any atom is 0.341 e. The molecule has 0 unspecified atom stereocenters. The van der Waals surface area contributed by atoms with Crippen LogP contribution in [0.1, 0.15) is 20.8 Å². The zero-order chi connectivity index (χ0) is 20.1. The van der Waals surface area contributed by atoms with Crippen molar-refractivity contribution in [1.29, 1.82) is 0 Å². The second-order valence-electron chi connectivity index (χ2n) is 6.20. The number of esters is 1. The number of aryl methyl sites for hydroxylation is 2. The first kappa shape index (κ1) is 19.6. The minimum Gasteiger partial charge on any atom is -0.483 e. The first-order chi connectivity index (χ1) is 13.5. The lowest BCUT2D eigenvalue weighted by Gasteiger charge is -2.10. The van der Waals surface area contributed by atoms with E-state index < -0.39 is 5.97 Å². The Labute approximate surface area is 167 Å². The SMILES string of the molecule is COC(=O)c1c(NC(=O)COc2ccccc2C)sc(C)c1-c1ccccc1. The minimum atomic E-state index is -0.488. The molecule has 28 heavy (non-hydrogen) atoms. The minimum absolute atomic E-state index is 0.150. The van der Waals surface area contributed by atoms with Gasteiger partial charge in [0.2, 0.25) is 0 Å². The highest BCUT2D eigenvalue weighted by Gasteiger charge is 2.25. The third kappa shape index (κ3) is 4.23. The van der Waals surface area contributed by atoms with E-state index in [0.717, 1.165) is 21.6 Å². The number of nitrogens with one attached hydrogen (secondary N) is 1. The van der Waals surface area contributed by atoms with E-state index in [1.165, 1.54) is 18.4 Å². The number of carbonyl (C=O) groups excluding carboxylic acids is 2. The molecule has 2 aromatic carbocycles. The van der Waals surface area contributed by atoms with Crippen LogP contribution in [-0.4, -0.2) is 25.6 Å². The van der Waals surface area contributed by atoms with Crippen LogP contribution >= 0.6 is 11.3 Å². The lowest BCUT2D eigenvalue weighted by molar-refractivity contribution is -0.118. The standard InChI is InChI=1S/C22H21NO4S/c1-14-9-7-8-12-17(14)27-13-18(24)23-21-20(22(25)26-3)19(15(2)28-21)16-10-5-4-6-11-16/h4-12H,13H2,1-3H3,(H,23,24). The van der Waals surface area contributed by atoms with Crippen LogP contribution in [0, 0.1) is 13.8 Å². The molecule has 1 aromatic heterocycles. The summed E-state index contributed by atoms with van der Waals surface area (Å²) in [4.78, 5) is 25.8. The molecule has 0 saturated carbocycles. The summed E-state index contributed by atoms with van der Waals surface area (Å²) in [6.07, 6.45) is 0. The monoisotopic (exact) mass is 395 g/mol. The normalized spacial score (nSPS) is 10.4. The van der Waals surface area contributed by atoms with E-state index in [1.54, 1.807) is 0 Å². The van der Waals surface area contributed by atoms with Crippen LogP contribution in [0.5, 0.6) is 5.75 Å². The maximum absolute atomic E-state index is 12.4. The van der Waals surface area contributed by atoms with Gasteiger partial charge in [-0.1, -0.05) is 48.5 Å². The Morgan fingerprint density at radius 2 is 1.68 bits per heavy atom. The van der Waals surface area contributed by atoms with Crippen molar-refractivity contribution in [2.75, 3.05) is 19.0 Å². The second kappa shape index (κ2) is 8.71. The van der Waals surface area contributed by atoms with Gasteiger partial charge in [-0.3, -0.25) is 4.79 Å². The molecular weight excluding hydrogens is 374 g/mol. The van der Waals surface area contributed by atoms with E-state index in [9.17, 15) is 9.59 Å². The predicted molar refractivity (Wildman–Crippen MR) is 111 cm³/mol. The molecule has 5 nitrogen and oxygen atoms in total. The van der Waals surface area contributed by atoms with Crippen LogP contribution in [0.3, 0.4) is 0 Å². The molecule has 0 atom stereocenters. The van der Waals surface area contributed by atoms with Crippen LogP contribution < -0.4 is 10.1 Å². The van der Waals surface area contributed by atoms with Crippen molar-refractivity contribution in [2.24, 2.45) is 0 Å². The van der Waals surface area contributed by atoms with E-state index in [0.29, 0.717) is 16.3 Å². The Morgan fingerprint density at radius 1 is 1.00 bits per heavy atom. The van der Waals surface area contributed by atoms with Gasteiger partial charge in [-0.25, -0.2) is 4.79 Å². The average molecular weight is 395 g/mol. The number of methoxy groups -OCH3 is 1. The van der Waals surface area contributed by atoms with Gasteiger partial charge in [-0.05, 0) is 31.0 Å². The van der Waals surface area contributed by atoms with Crippen molar-refractivity contribution in [2.45, 2.75) is 13.8 Å². The number of hydrogen-bond acceptors (Lipinski definition) is 5. The lowest BCUT2D eigenvalue weighted by atomic mass is 10.0. The Bertz CT molecular complexity index is 995. The Balaban J connectivity index is 1.84. The van der Waals surface area contributed by atoms with Crippen LogP contribution in [0.2, 0.25) is 0 Å². The summed E-state index contributed by atoms with van der Waals surface area (Å²) >= 11 is 1.34. The molecule has 1 N–H and O–H groups in total. The summed E-state index contributed by atoms with van der Waals surface area (Å²) in [7, 11) is 1.33. The van der Waals surface area contributed by atoms with Crippen LogP contribution in [0.4, 0.5) is 5.00 Å². The topological polar surface area (TPSA) is 64.6 Å². The molecule has 0 radical (unpaired) electrons. The molecule has 3 rings (SSSR count). The number of para-hydroxylation sites is 1. The van der Waals surface area contributed by atoms with Crippen molar-refractivity contribution in [1.82, 2.24) is 0 Å². The Morgan fingerprint density at radius 3 is 2.36 bits per heavy atom. The molecule has 0 spiro atoms. The largest absolute Gasteiger partial charge is 0.483 e. The summed E-state index contributed by atoms with van der Waals surface area (Å²) in [5.41, 5.74) is 2.98. The number of benzene rings is 2. The highest BCUT2D eigenvalue weighted by Crippen LogP contribution is 2.40. The van der Waals surface area contributed by atoms with Crippen molar-refractivity contribution in [3.8, 4) is 16.9 Å². The number of carbonyl (C=O) groups is 2. The molecule has 0 aliphatic heterocycles. The number of rotatable bonds is 6. The van der Waals surface area contributed by atoms with E-state index >= 15 is 0 Å². The van der Waals surface area contributed by atoms with E-state index in [4.69, 9.17) is 9.47 Å². The summed E-state index contributed by atoms with van der Waals surface area (Å²) in [6, 6.07) is 17.1. The molecule has 0 fully saturated rings. The quantitative estimate of drug-likeness (QED) is 0.607. The van der Waals surface area contributed by atoms with Gasteiger partial charge < -0.3 is 14.8 Å². The molecule has 6 heteroatoms. The Hall–Kier alpha value is -3.12. The molecule has 1 amide bonds. The summed E-state index contributed by atoms with van der Waals surface area (Å²) in [5.74, 6) is -0.175. The summed E-state index contributed by atoms with van der Waals surface area (Å²) in [6.45, 7) is 3.68. The zero-order valence-corrected chi connectivity index (χ0v) is 16.8. The van der Waals surface area contributed by atoms with Crippen LogP contribution in [0.15, 0.2) is 54.6 Å². The maximum atomic E-state index is 12.4. The first-order valence-corrected chi connectivity index (χ1v) is 9.58. The van der Waals surface area contributed by atoms with Gasteiger partial charge in [-0.15, -0.1) is 11.3 Å². The van der Waals surface area contributed by atoms with Gasteiger partial charge in [0.05, 0.1) is 7.11 Å². The smallest absolute Gasteiger partial charge is 0.341 e. The van der Waals surface area contributed by atoms with E-state index in [-0.39, 0.29) is 12.5 Å². The summed E-state index contributed by atoms with van der Waals surface area (Å²) in [5, 5.41) is 3.26. The lowest BCUT2D eigenvalue weighted by Crippen LogP contribution is -2.21. The molecule has 0 aliphatic carbocycles. The van der Waals surface area contributed by atoms with Crippen molar-refractivity contribution >= 4 is 28.2 Å². The van der Waals surface area contributed by atoms with Gasteiger partial charge in [0.1, 0.15) is 16.3 Å². The predicted octanol–water partition coefficient (Wildman–Crippen LogP) is 4.84. The molecule has 0 saturated heterocycles. The van der Waals surface area contributed by atoms with Gasteiger partial charge in [0.15, 0.2) is 6.61 Å². The third-order valence-electron chi connectivity index (χ3n) is 4.24. The number of ether oxygens (including phenoxy) is 2. The highest BCUT2D eigenvalue weighted by atomic mass is 32.1. The van der Waals surface area contributed by atoms with Crippen molar-refractivity contribution in [3.05, 3.63) is 70.6 Å². The third-order valence-corrected chi connectivity index (χ3v) is 5.26. The molecule has 144 valence electrons. The molecule has 3 aromatic rings. The molecular formula is C22H21NO4S. The number of thiophene rings is 1. The molecule has 0 bridgehead atoms. The fourth-order valence-electron chi connectivity index (χ4n) is 2.91. The van der Waals surface area contributed by atoms with Gasteiger partial charge in [0, 0.05) is 10.4 Å². The van der Waals surface area contributed by atoms with Crippen LogP contribution in [0.25, 0.3) is 11.1 Å². The number of hydrogen-bond donors (Lipinski definition) is 1. The fourth-order valence-corrected chi connectivity index (χ4v) is 3.99. The van der Waals surface area contributed by atoms with Gasteiger partial charge >= 0.3 is 5.97 Å². The second-order valence-corrected chi connectivity index (χ2v) is 7.42. The first-order valence-electron chi connectivity index (χ1n) is 8.76. The van der Waals surface area contributed by atoms with Crippen molar-refractivity contribution in [3.63, 3.8) is 0 Å². The molecule has 1 heterocycles. The number of amides is 1. The van der Waals surface area contributed by atoms with Gasteiger partial charge in [-0.2, -0.15) is 0 Å². The van der Waals surface area contributed by atoms with Crippen LogP contribution in [-0.2, 0) is 9.53 Å². The van der Waals surface area contributed by atoms with E-state index in [2.05, 4.69) is 5.32 Å². The number of anilines is 1. The summed E-state index contributed by atoms with van der Waals surface area (Å²) < 4.78 is 10.6. The van der Waals surface area contributed by atoms with Crippen molar-refractivity contribution < 1.29 is 19.1 Å². The average Bonchev–Trinajstić information content (AvgIpc) is 3.03. The van der Waals surface area contributed by atoms with Gasteiger partial charge in [0.25, 0.3) is 5.91 Å². The molecule has 0 aliphatic rings. The Kier molecular flexibility index (Phi) is 6.11. The highest BCUT2D eigenvalue weighted by molar-refractivity contribution is 7.17. The zero-order valence-electron chi connectivity index (χ0n) is 15.9. The van der Waals surface area contributed by atoms with E-state index in [1.807, 2.05) is 68.4 Å².